The summed E-state index contributed by atoms with van der Waals surface area (Å²) in [6.07, 6.45) is 1.81. The van der Waals surface area contributed by atoms with Gasteiger partial charge >= 0.3 is 0 Å². The van der Waals surface area contributed by atoms with Crippen molar-refractivity contribution in [2.75, 3.05) is 5.32 Å². The van der Waals surface area contributed by atoms with Crippen molar-refractivity contribution >= 4 is 22.5 Å². The third-order valence-electron chi connectivity index (χ3n) is 2.54. The molecule has 1 aromatic heterocycles. The standard InChI is InChI=1S/C8H9NO2.C7H6N2/c1-6(10)9-7-2-4-8(11)5-3-7;1-2-4-7-6(3-1)5-8-9-7/h2-5,11H,1H3,(H,9,10);1-5H,(H,8,9). The Morgan fingerprint density at radius 3 is 2.50 bits per heavy atom. The molecule has 0 aliphatic heterocycles. The van der Waals surface area contributed by atoms with Gasteiger partial charge in [0.25, 0.3) is 0 Å². The fraction of sp³-hybridized carbons (Fsp3) is 0.0667. The lowest BCUT2D eigenvalue weighted by Gasteiger charge is -1.99. The van der Waals surface area contributed by atoms with E-state index in [-0.39, 0.29) is 11.7 Å². The molecule has 3 N–H and O–H groups in total. The number of anilines is 1. The van der Waals surface area contributed by atoms with E-state index in [1.54, 1.807) is 12.1 Å². The third-order valence-corrected chi connectivity index (χ3v) is 2.54. The Morgan fingerprint density at radius 1 is 1.15 bits per heavy atom. The molecule has 1 heterocycles. The predicted octanol–water partition coefficient (Wildman–Crippen LogP) is 2.91. The van der Waals surface area contributed by atoms with E-state index in [1.807, 2.05) is 30.5 Å². The van der Waals surface area contributed by atoms with Crippen molar-refractivity contribution in [1.82, 2.24) is 10.2 Å². The highest BCUT2D eigenvalue weighted by atomic mass is 16.3. The Hall–Kier alpha value is -2.82. The van der Waals surface area contributed by atoms with Gasteiger partial charge in [0.1, 0.15) is 5.75 Å². The van der Waals surface area contributed by atoms with Gasteiger partial charge in [-0.3, -0.25) is 9.89 Å². The zero-order valence-electron chi connectivity index (χ0n) is 11.0. The van der Waals surface area contributed by atoms with Crippen LogP contribution in [0.25, 0.3) is 10.9 Å². The topological polar surface area (TPSA) is 78.0 Å². The van der Waals surface area contributed by atoms with Crippen LogP contribution in [0.2, 0.25) is 0 Å². The number of H-pyrrole nitrogens is 1. The van der Waals surface area contributed by atoms with E-state index >= 15 is 0 Å². The number of nitrogens with zero attached hydrogens (tertiary/aromatic N) is 1. The summed E-state index contributed by atoms with van der Waals surface area (Å²) in [7, 11) is 0. The fourth-order valence-electron chi connectivity index (χ4n) is 1.63. The Labute approximate surface area is 116 Å². The molecular weight excluding hydrogens is 254 g/mol. The molecule has 0 radical (unpaired) electrons. The minimum atomic E-state index is -0.115. The van der Waals surface area contributed by atoms with Gasteiger partial charge in [-0.15, -0.1) is 0 Å². The molecule has 0 unspecified atom stereocenters. The lowest BCUT2D eigenvalue weighted by molar-refractivity contribution is -0.114. The molecule has 0 aliphatic carbocycles. The molecule has 5 nitrogen and oxygen atoms in total. The summed E-state index contributed by atoms with van der Waals surface area (Å²) >= 11 is 0. The van der Waals surface area contributed by atoms with E-state index in [2.05, 4.69) is 15.5 Å². The van der Waals surface area contributed by atoms with Gasteiger partial charge in [-0.25, -0.2) is 0 Å². The van der Waals surface area contributed by atoms with Crippen molar-refractivity contribution in [3.63, 3.8) is 0 Å². The zero-order valence-corrected chi connectivity index (χ0v) is 11.0. The highest BCUT2D eigenvalue weighted by molar-refractivity contribution is 5.88. The van der Waals surface area contributed by atoms with E-state index in [1.165, 1.54) is 19.1 Å². The number of fused-ring (bicyclic) bond motifs is 1. The summed E-state index contributed by atoms with van der Waals surface area (Å²) in [6.45, 7) is 1.44. The maximum absolute atomic E-state index is 10.5. The summed E-state index contributed by atoms with van der Waals surface area (Å²) in [5.74, 6) is 0.0785. The van der Waals surface area contributed by atoms with Crippen molar-refractivity contribution in [3.05, 3.63) is 54.7 Å². The predicted molar refractivity (Wildman–Crippen MR) is 78.5 cm³/mol. The highest BCUT2D eigenvalue weighted by Gasteiger charge is 1.93. The molecule has 0 saturated heterocycles. The number of rotatable bonds is 1. The lowest BCUT2D eigenvalue weighted by Crippen LogP contribution is -2.04. The van der Waals surface area contributed by atoms with Gasteiger partial charge in [0, 0.05) is 18.0 Å². The van der Waals surface area contributed by atoms with E-state index in [0.29, 0.717) is 5.69 Å². The second kappa shape index (κ2) is 6.38. The molecule has 3 rings (SSSR count). The zero-order chi connectivity index (χ0) is 14.4. The van der Waals surface area contributed by atoms with Gasteiger partial charge in [-0.05, 0) is 30.3 Å². The van der Waals surface area contributed by atoms with E-state index in [9.17, 15) is 4.79 Å². The number of nitrogens with one attached hydrogen (secondary N) is 2. The first-order valence-corrected chi connectivity index (χ1v) is 6.10. The fourth-order valence-corrected chi connectivity index (χ4v) is 1.63. The minimum absolute atomic E-state index is 0.115. The van der Waals surface area contributed by atoms with E-state index in [4.69, 9.17) is 5.11 Å². The van der Waals surface area contributed by atoms with Crippen LogP contribution in [0.1, 0.15) is 6.92 Å². The van der Waals surface area contributed by atoms with Gasteiger partial charge in [0.15, 0.2) is 0 Å². The number of para-hydroxylation sites is 1. The summed E-state index contributed by atoms with van der Waals surface area (Å²) < 4.78 is 0. The lowest BCUT2D eigenvalue weighted by atomic mass is 10.3. The number of carbonyl (C=O) groups excluding carboxylic acids is 1. The maximum Gasteiger partial charge on any atom is 0.221 e. The molecule has 20 heavy (non-hydrogen) atoms. The quantitative estimate of drug-likeness (QED) is 0.594. The Bertz CT molecular complexity index is 659. The molecule has 3 aromatic rings. The number of carbonyl (C=O) groups is 1. The number of hydrogen-bond donors (Lipinski definition) is 3. The number of hydrogen-bond acceptors (Lipinski definition) is 3. The average molecular weight is 269 g/mol. The van der Waals surface area contributed by atoms with Crippen molar-refractivity contribution in [1.29, 1.82) is 0 Å². The Morgan fingerprint density at radius 2 is 1.85 bits per heavy atom. The van der Waals surface area contributed by atoms with Crippen LogP contribution in [-0.4, -0.2) is 21.2 Å². The van der Waals surface area contributed by atoms with Crippen molar-refractivity contribution in [2.45, 2.75) is 6.92 Å². The summed E-state index contributed by atoms with van der Waals surface area (Å²) in [4.78, 5) is 10.5. The molecule has 1 amide bonds. The molecule has 0 bridgehead atoms. The van der Waals surface area contributed by atoms with Crippen LogP contribution in [0.5, 0.6) is 5.75 Å². The van der Waals surface area contributed by atoms with Gasteiger partial charge in [-0.1, -0.05) is 18.2 Å². The number of benzene rings is 2. The Kier molecular flexibility index (Phi) is 4.34. The third kappa shape index (κ3) is 3.84. The molecular formula is C15H15N3O2. The van der Waals surface area contributed by atoms with E-state index < -0.39 is 0 Å². The first-order chi connectivity index (χ1) is 9.65. The number of amides is 1. The van der Waals surface area contributed by atoms with Crippen molar-refractivity contribution in [3.8, 4) is 5.75 Å². The average Bonchev–Trinajstić information content (AvgIpc) is 2.90. The van der Waals surface area contributed by atoms with Crippen LogP contribution in [-0.2, 0) is 4.79 Å². The van der Waals surface area contributed by atoms with Crippen LogP contribution in [0, 0.1) is 0 Å². The van der Waals surface area contributed by atoms with Crippen LogP contribution >= 0.6 is 0 Å². The van der Waals surface area contributed by atoms with Crippen molar-refractivity contribution in [2.24, 2.45) is 0 Å². The molecule has 0 fully saturated rings. The first kappa shape index (κ1) is 13.6. The molecule has 5 heteroatoms. The van der Waals surface area contributed by atoms with Crippen molar-refractivity contribution < 1.29 is 9.90 Å². The van der Waals surface area contributed by atoms with Crippen LogP contribution < -0.4 is 5.32 Å². The number of aromatic amines is 1. The molecule has 0 saturated carbocycles. The second-order valence-corrected chi connectivity index (χ2v) is 4.19. The molecule has 0 spiro atoms. The number of phenols is 1. The van der Waals surface area contributed by atoms with Crippen LogP contribution in [0.15, 0.2) is 54.7 Å². The summed E-state index contributed by atoms with van der Waals surface area (Å²) in [5, 5.41) is 19.4. The van der Waals surface area contributed by atoms with Gasteiger partial charge in [0.05, 0.1) is 11.7 Å². The van der Waals surface area contributed by atoms with Gasteiger partial charge in [0.2, 0.25) is 5.91 Å². The molecule has 102 valence electrons. The van der Waals surface area contributed by atoms with Crippen LogP contribution in [0.3, 0.4) is 0 Å². The summed E-state index contributed by atoms with van der Waals surface area (Å²) in [6, 6.07) is 14.3. The minimum Gasteiger partial charge on any atom is -0.508 e. The highest BCUT2D eigenvalue weighted by Crippen LogP contribution is 2.13. The largest absolute Gasteiger partial charge is 0.508 e. The number of phenolic OH excluding ortho intramolecular Hbond substituents is 1. The monoisotopic (exact) mass is 269 g/mol. The maximum atomic E-state index is 10.5. The smallest absolute Gasteiger partial charge is 0.221 e. The normalized spacial score (nSPS) is 9.65. The van der Waals surface area contributed by atoms with Gasteiger partial charge < -0.3 is 10.4 Å². The second-order valence-electron chi connectivity index (χ2n) is 4.19. The molecule has 0 aliphatic rings. The number of aromatic hydroxyl groups is 1. The first-order valence-electron chi connectivity index (χ1n) is 6.10. The van der Waals surface area contributed by atoms with Crippen LogP contribution in [0.4, 0.5) is 5.69 Å². The molecule has 2 aromatic carbocycles. The number of aromatic nitrogens is 2. The van der Waals surface area contributed by atoms with Gasteiger partial charge in [-0.2, -0.15) is 5.10 Å². The van der Waals surface area contributed by atoms with E-state index in [0.717, 1.165) is 10.9 Å². The Balaban J connectivity index is 0.000000149. The summed E-state index contributed by atoms with van der Waals surface area (Å²) in [5.41, 5.74) is 1.79. The SMILES string of the molecule is CC(=O)Nc1ccc(O)cc1.c1ccc2[nH]ncc2c1. The molecule has 0 atom stereocenters.